The Bertz CT molecular complexity index is 1070. The van der Waals surface area contributed by atoms with E-state index >= 15 is 0 Å². The molecule has 1 unspecified atom stereocenters. The van der Waals surface area contributed by atoms with E-state index < -0.39 is 0 Å². The number of aromatic nitrogens is 7. The van der Waals surface area contributed by atoms with E-state index in [0.717, 1.165) is 60.7 Å². The fourth-order valence-electron chi connectivity index (χ4n) is 4.05. The molecule has 0 bridgehead atoms. The van der Waals surface area contributed by atoms with Crippen LogP contribution < -0.4 is 0 Å². The topological polar surface area (TPSA) is 90.7 Å². The van der Waals surface area contributed by atoms with Crippen LogP contribution >= 0.6 is 0 Å². The Morgan fingerprint density at radius 1 is 1.14 bits per heavy atom. The van der Waals surface area contributed by atoms with E-state index in [2.05, 4.69) is 48.2 Å². The van der Waals surface area contributed by atoms with Crippen molar-refractivity contribution in [2.75, 3.05) is 13.1 Å². The quantitative estimate of drug-likeness (QED) is 0.524. The molecule has 1 saturated heterocycles. The van der Waals surface area contributed by atoms with Gasteiger partial charge in [-0.25, -0.2) is 4.63 Å². The van der Waals surface area contributed by atoms with Gasteiger partial charge in [0.2, 0.25) is 0 Å². The lowest BCUT2D eigenvalue weighted by Crippen LogP contribution is -2.35. The van der Waals surface area contributed by atoms with Gasteiger partial charge in [0.05, 0.1) is 0 Å². The number of rotatable bonds is 5. The minimum Gasteiger partial charge on any atom is -0.316 e. The third-order valence-corrected chi connectivity index (χ3v) is 5.50. The standard InChI is InChI=1S/C19H22N8O/c1-25-17(13-27-10-4-8-20-27)21-22-19(25)15-6-3-9-26(12-15)11-14-5-2-7-16-18(14)24-28-23-16/h2,4-5,7-8,10,15H,3,6,9,11-13H2,1H3. The summed E-state index contributed by atoms with van der Waals surface area (Å²) in [6.45, 7) is 3.49. The number of nitrogens with zero attached hydrogens (tertiary/aromatic N) is 8. The van der Waals surface area contributed by atoms with Crippen molar-refractivity contribution in [3.63, 3.8) is 0 Å². The Balaban J connectivity index is 1.32. The molecule has 4 aromatic rings. The third-order valence-electron chi connectivity index (χ3n) is 5.50. The number of likely N-dealkylation sites (tertiary alicyclic amines) is 1. The zero-order valence-electron chi connectivity index (χ0n) is 15.8. The Morgan fingerprint density at radius 2 is 2.11 bits per heavy atom. The molecule has 9 nitrogen and oxygen atoms in total. The Hall–Kier alpha value is -3.07. The molecule has 0 spiro atoms. The highest BCUT2D eigenvalue weighted by molar-refractivity contribution is 5.76. The molecule has 0 saturated carbocycles. The zero-order chi connectivity index (χ0) is 18.9. The van der Waals surface area contributed by atoms with E-state index in [1.807, 2.05) is 29.1 Å². The van der Waals surface area contributed by atoms with Gasteiger partial charge in [-0.1, -0.05) is 12.1 Å². The lowest BCUT2D eigenvalue weighted by Gasteiger charge is -2.32. The lowest BCUT2D eigenvalue weighted by atomic mass is 9.96. The predicted octanol–water partition coefficient (Wildman–Crippen LogP) is 1.98. The van der Waals surface area contributed by atoms with Crippen molar-refractivity contribution in [3.8, 4) is 0 Å². The molecular formula is C19H22N8O. The van der Waals surface area contributed by atoms with Crippen LogP contribution in [0.3, 0.4) is 0 Å². The summed E-state index contributed by atoms with van der Waals surface area (Å²) in [6, 6.07) is 7.95. The minimum absolute atomic E-state index is 0.368. The van der Waals surface area contributed by atoms with Crippen molar-refractivity contribution in [2.45, 2.75) is 31.8 Å². The first-order valence-corrected chi connectivity index (χ1v) is 9.56. The van der Waals surface area contributed by atoms with Gasteiger partial charge in [0.1, 0.15) is 23.4 Å². The van der Waals surface area contributed by atoms with Gasteiger partial charge in [0.25, 0.3) is 0 Å². The Kier molecular flexibility index (Phi) is 4.36. The van der Waals surface area contributed by atoms with Gasteiger partial charge in [-0.05, 0) is 47.4 Å². The van der Waals surface area contributed by atoms with E-state index in [9.17, 15) is 0 Å². The van der Waals surface area contributed by atoms with Gasteiger partial charge >= 0.3 is 0 Å². The van der Waals surface area contributed by atoms with Crippen LogP contribution in [0.2, 0.25) is 0 Å². The number of benzene rings is 1. The van der Waals surface area contributed by atoms with Gasteiger partial charge in [-0.2, -0.15) is 5.10 Å². The first-order valence-electron chi connectivity index (χ1n) is 9.56. The molecule has 1 atom stereocenters. The van der Waals surface area contributed by atoms with Crippen molar-refractivity contribution in [2.24, 2.45) is 7.05 Å². The SMILES string of the molecule is Cn1c(Cn2cccn2)nnc1C1CCCN(Cc2cccc3nonc23)C1. The summed E-state index contributed by atoms with van der Waals surface area (Å²) < 4.78 is 8.89. The highest BCUT2D eigenvalue weighted by Crippen LogP contribution is 2.27. The van der Waals surface area contributed by atoms with Crippen LogP contribution in [-0.2, 0) is 20.1 Å². The van der Waals surface area contributed by atoms with Crippen LogP contribution in [-0.4, -0.2) is 52.8 Å². The molecule has 3 aromatic heterocycles. The fraction of sp³-hybridized carbons (Fsp3) is 0.421. The second-order valence-corrected chi connectivity index (χ2v) is 7.36. The molecule has 0 radical (unpaired) electrons. The molecule has 28 heavy (non-hydrogen) atoms. The van der Waals surface area contributed by atoms with Crippen LogP contribution in [0.5, 0.6) is 0 Å². The molecule has 144 valence electrons. The average Bonchev–Trinajstić information content (AvgIpc) is 3.45. The maximum atomic E-state index is 4.90. The molecule has 0 N–H and O–H groups in total. The number of piperidine rings is 1. The predicted molar refractivity (Wildman–Crippen MR) is 101 cm³/mol. The molecule has 1 aliphatic heterocycles. The van der Waals surface area contributed by atoms with Gasteiger partial charge in [-0.3, -0.25) is 9.58 Å². The summed E-state index contributed by atoms with van der Waals surface area (Å²) in [6.07, 6.45) is 5.98. The van der Waals surface area contributed by atoms with E-state index in [4.69, 9.17) is 4.63 Å². The largest absolute Gasteiger partial charge is 0.316 e. The van der Waals surface area contributed by atoms with Crippen LogP contribution in [0.1, 0.15) is 36.0 Å². The Labute approximate surface area is 161 Å². The van der Waals surface area contributed by atoms with Gasteiger partial charge < -0.3 is 4.57 Å². The molecule has 4 heterocycles. The smallest absolute Gasteiger partial charge is 0.154 e. The van der Waals surface area contributed by atoms with Crippen LogP contribution in [0, 0.1) is 0 Å². The first kappa shape index (κ1) is 17.1. The number of fused-ring (bicyclic) bond motifs is 1. The van der Waals surface area contributed by atoms with Crippen LogP contribution in [0.25, 0.3) is 11.0 Å². The zero-order valence-corrected chi connectivity index (χ0v) is 15.8. The summed E-state index contributed by atoms with van der Waals surface area (Å²) in [5.74, 6) is 2.34. The Morgan fingerprint density at radius 3 is 3.00 bits per heavy atom. The number of hydrogen-bond acceptors (Lipinski definition) is 7. The second kappa shape index (κ2) is 7.16. The normalized spacial score (nSPS) is 18.1. The van der Waals surface area contributed by atoms with Crippen molar-refractivity contribution >= 4 is 11.0 Å². The monoisotopic (exact) mass is 378 g/mol. The molecule has 1 aromatic carbocycles. The molecular weight excluding hydrogens is 356 g/mol. The summed E-state index contributed by atoms with van der Waals surface area (Å²) in [4.78, 5) is 2.46. The van der Waals surface area contributed by atoms with Crippen LogP contribution in [0.15, 0.2) is 41.3 Å². The second-order valence-electron chi connectivity index (χ2n) is 7.36. The van der Waals surface area contributed by atoms with E-state index in [-0.39, 0.29) is 0 Å². The van der Waals surface area contributed by atoms with Crippen molar-refractivity contribution < 1.29 is 4.63 Å². The summed E-state index contributed by atoms with van der Waals surface area (Å²) in [5, 5.41) is 21.2. The average molecular weight is 378 g/mol. The highest BCUT2D eigenvalue weighted by atomic mass is 16.6. The van der Waals surface area contributed by atoms with Gasteiger partial charge in [0.15, 0.2) is 5.82 Å². The lowest BCUT2D eigenvalue weighted by molar-refractivity contribution is 0.195. The molecule has 1 fully saturated rings. The van der Waals surface area contributed by atoms with E-state index in [1.165, 1.54) is 0 Å². The molecule has 9 heteroatoms. The van der Waals surface area contributed by atoms with Crippen molar-refractivity contribution in [1.29, 1.82) is 0 Å². The first-order chi connectivity index (χ1) is 13.8. The summed E-state index contributed by atoms with van der Waals surface area (Å²) in [5.41, 5.74) is 2.81. The maximum absolute atomic E-state index is 4.90. The molecule has 1 aliphatic rings. The molecule has 5 rings (SSSR count). The molecule has 0 aliphatic carbocycles. The van der Waals surface area contributed by atoms with Gasteiger partial charge in [0, 0.05) is 38.4 Å². The third kappa shape index (κ3) is 3.18. The fourth-order valence-corrected chi connectivity index (χ4v) is 4.05. The van der Waals surface area contributed by atoms with Crippen LogP contribution in [0.4, 0.5) is 0 Å². The van der Waals surface area contributed by atoms with Crippen molar-refractivity contribution in [3.05, 3.63) is 53.9 Å². The summed E-state index contributed by atoms with van der Waals surface area (Å²) in [7, 11) is 2.05. The highest BCUT2D eigenvalue weighted by Gasteiger charge is 2.26. The molecule has 0 amide bonds. The number of hydrogen-bond donors (Lipinski definition) is 0. The summed E-state index contributed by atoms with van der Waals surface area (Å²) >= 11 is 0. The van der Waals surface area contributed by atoms with Gasteiger partial charge in [-0.15, -0.1) is 10.2 Å². The maximum Gasteiger partial charge on any atom is 0.154 e. The van der Waals surface area contributed by atoms with Crippen molar-refractivity contribution in [1.82, 2.24) is 39.8 Å². The van der Waals surface area contributed by atoms with E-state index in [1.54, 1.807) is 6.20 Å². The van der Waals surface area contributed by atoms with E-state index in [0.29, 0.717) is 12.5 Å². The minimum atomic E-state index is 0.368.